The predicted molar refractivity (Wildman–Crippen MR) is 94.6 cm³/mol. The number of anilines is 1. The molecule has 126 valence electrons. The Kier molecular flexibility index (Phi) is 6.07. The molecule has 0 unspecified atom stereocenters. The van der Waals surface area contributed by atoms with Gasteiger partial charge in [0.2, 0.25) is 11.8 Å². The van der Waals surface area contributed by atoms with E-state index in [1.807, 2.05) is 43.3 Å². The Morgan fingerprint density at radius 2 is 1.88 bits per heavy atom. The first-order valence-corrected chi connectivity index (χ1v) is 8.03. The van der Waals surface area contributed by atoms with Crippen LogP contribution in [0, 0.1) is 6.92 Å². The van der Waals surface area contributed by atoms with Gasteiger partial charge in [0.1, 0.15) is 6.42 Å². The van der Waals surface area contributed by atoms with Gasteiger partial charge in [0.25, 0.3) is 0 Å². The minimum Gasteiger partial charge on any atom is -0.350 e. The smallest absolute Gasteiger partial charge is 0.233 e. The Balaban J connectivity index is 1.92. The summed E-state index contributed by atoms with van der Waals surface area (Å²) < 4.78 is 0. The average molecular weight is 325 g/mol. The summed E-state index contributed by atoms with van der Waals surface area (Å²) in [6.45, 7) is 6.41. The summed E-state index contributed by atoms with van der Waals surface area (Å²) in [5.41, 5.74) is 3.61. The zero-order valence-corrected chi connectivity index (χ0v) is 14.3. The van der Waals surface area contributed by atoms with Crippen LogP contribution >= 0.6 is 0 Å². The van der Waals surface area contributed by atoms with Gasteiger partial charge in [-0.1, -0.05) is 38.1 Å². The SMILES string of the molecule is Cc1cccc(C(C)C)c1NC(=O)CC(=O)NCc1ccccn1. The van der Waals surface area contributed by atoms with E-state index in [-0.39, 0.29) is 24.2 Å². The van der Waals surface area contributed by atoms with Crippen molar-refractivity contribution in [1.29, 1.82) is 0 Å². The van der Waals surface area contributed by atoms with Crippen molar-refractivity contribution in [2.24, 2.45) is 0 Å². The van der Waals surface area contributed by atoms with E-state index in [4.69, 9.17) is 0 Å². The van der Waals surface area contributed by atoms with Crippen LogP contribution in [0.4, 0.5) is 5.69 Å². The van der Waals surface area contributed by atoms with E-state index in [2.05, 4.69) is 29.5 Å². The van der Waals surface area contributed by atoms with Crippen LogP contribution in [0.1, 0.15) is 43.0 Å². The van der Waals surface area contributed by atoms with Crippen LogP contribution < -0.4 is 10.6 Å². The molecule has 1 aromatic carbocycles. The molecular weight excluding hydrogens is 302 g/mol. The normalized spacial score (nSPS) is 10.5. The number of aryl methyl sites for hydroxylation is 1. The quantitative estimate of drug-likeness (QED) is 0.802. The van der Waals surface area contributed by atoms with Gasteiger partial charge in [-0.05, 0) is 36.1 Å². The molecule has 2 rings (SSSR count). The van der Waals surface area contributed by atoms with Gasteiger partial charge in [-0.2, -0.15) is 0 Å². The Hall–Kier alpha value is -2.69. The lowest BCUT2D eigenvalue weighted by molar-refractivity contribution is -0.126. The molecule has 24 heavy (non-hydrogen) atoms. The van der Waals surface area contributed by atoms with Crippen LogP contribution in [0.3, 0.4) is 0 Å². The molecule has 0 bridgehead atoms. The highest BCUT2D eigenvalue weighted by molar-refractivity contribution is 6.04. The second-order valence-electron chi connectivity index (χ2n) is 6.02. The average Bonchev–Trinajstić information content (AvgIpc) is 2.55. The van der Waals surface area contributed by atoms with E-state index < -0.39 is 0 Å². The zero-order chi connectivity index (χ0) is 17.5. The molecule has 2 N–H and O–H groups in total. The van der Waals surface area contributed by atoms with Crippen LogP contribution in [0.2, 0.25) is 0 Å². The van der Waals surface area contributed by atoms with Crippen LogP contribution in [0.15, 0.2) is 42.6 Å². The molecule has 0 fully saturated rings. The van der Waals surface area contributed by atoms with Gasteiger partial charge in [-0.25, -0.2) is 0 Å². The van der Waals surface area contributed by atoms with Crippen molar-refractivity contribution in [3.63, 3.8) is 0 Å². The third-order valence-corrected chi connectivity index (χ3v) is 3.71. The number of carbonyl (C=O) groups excluding carboxylic acids is 2. The molecule has 5 nitrogen and oxygen atoms in total. The number of para-hydroxylation sites is 1. The van der Waals surface area contributed by atoms with Gasteiger partial charge in [0.15, 0.2) is 0 Å². The number of hydrogen-bond acceptors (Lipinski definition) is 3. The summed E-state index contributed by atoms with van der Waals surface area (Å²) in [7, 11) is 0. The van der Waals surface area contributed by atoms with Crippen molar-refractivity contribution in [1.82, 2.24) is 10.3 Å². The maximum atomic E-state index is 12.2. The van der Waals surface area contributed by atoms with Gasteiger partial charge in [0, 0.05) is 11.9 Å². The lowest BCUT2D eigenvalue weighted by Gasteiger charge is -2.16. The topological polar surface area (TPSA) is 71.1 Å². The lowest BCUT2D eigenvalue weighted by Crippen LogP contribution is -2.28. The van der Waals surface area contributed by atoms with E-state index in [1.54, 1.807) is 6.20 Å². The molecule has 0 aliphatic rings. The molecule has 5 heteroatoms. The highest BCUT2D eigenvalue weighted by Crippen LogP contribution is 2.27. The summed E-state index contributed by atoms with van der Waals surface area (Å²) >= 11 is 0. The van der Waals surface area contributed by atoms with E-state index in [1.165, 1.54) is 0 Å². The molecule has 1 heterocycles. The number of aromatic nitrogens is 1. The first kappa shape index (κ1) is 17.7. The molecule has 0 spiro atoms. The highest BCUT2D eigenvalue weighted by atomic mass is 16.2. The molecular formula is C19H23N3O2. The summed E-state index contributed by atoms with van der Waals surface area (Å²) in [5.74, 6) is -0.347. The molecule has 0 saturated carbocycles. The maximum Gasteiger partial charge on any atom is 0.233 e. The number of nitrogens with zero attached hydrogens (tertiary/aromatic N) is 1. The monoisotopic (exact) mass is 325 g/mol. The summed E-state index contributed by atoms with van der Waals surface area (Å²) in [6, 6.07) is 11.4. The second-order valence-corrected chi connectivity index (χ2v) is 6.02. The fraction of sp³-hybridized carbons (Fsp3) is 0.316. The molecule has 0 atom stereocenters. The second kappa shape index (κ2) is 8.24. The Morgan fingerprint density at radius 3 is 2.54 bits per heavy atom. The van der Waals surface area contributed by atoms with Crippen molar-refractivity contribution in [3.05, 3.63) is 59.4 Å². The van der Waals surface area contributed by atoms with E-state index in [0.29, 0.717) is 6.54 Å². The van der Waals surface area contributed by atoms with Gasteiger partial charge in [-0.15, -0.1) is 0 Å². The largest absolute Gasteiger partial charge is 0.350 e. The van der Waals surface area contributed by atoms with E-state index in [9.17, 15) is 9.59 Å². The Bertz CT molecular complexity index is 712. The highest BCUT2D eigenvalue weighted by Gasteiger charge is 2.14. The number of pyridine rings is 1. The van der Waals surface area contributed by atoms with Gasteiger partial charge >= 0.3 is 0 Å². The fourth-order valence-corrected chi connectivity index (χ4v) is 2.43. The number of nitrogens with one attached hydrogen (secondary N) is 2. The maximum absolute atomic E-state index is 12.2. The molecule has 2 aromatic rings. The van der Waals surface area contributed by atoms with Crippen molar-refractivity contribution >= 4 is 17.5 Å². The van der Waals surface area contributed by atoms with Gasteiger partial charge in [0.05, 0.1) is 12.2 Å². The summed E-state index contributed by atoms with van der Waals surface area (Å²) in [6.07, 6.45) is 1.46. The molecule has 0 aliphatic heterocycles. The predicted octanol–water partition coefficient (Wildman–Crippen LogP) is 3.16. The zero-order valence-electron chi connectivity index (χ0n) is 14.3. The van der Waals surface area contributed by atoms with E-state index >= 15 is 0 Å². The minimum absolute atomic E-state index is 0.210. The lowest BCUT2D eigenvalue weighted by atomic mass is 9.98. The molecule has 0 saturated heterocycles. The first-order valence-electron chi connectivity index (χ1n) is 8.03. The van der Waals surface area contributed by atoms with Crippen molar-refractivity contribution in [2.45, 2.75) is 39.7 Å². The minimum atomic E-state index is -0.321. The standard InChI is InChI=1S/C19H23N3O2/c1-13(2)16-9-6-7-14(3)19(16)22-18(24)11-17(23)21-12-15-8-4-5-10-20-15/h4-10,13H,11-12H2,1-3H3,(H,21,23)(H,22,24). The Labute approximate surface area is 142 Å². The molecule has 0 aliphatic carbocycles. The fourth-order valence-electron chi connectivity index (χ4n) is 2.43. The molecule has 1 aromatic heterocycles. The number of carbonyl (C=O) groups is 2. The number of rotatable bonds is 6. The number of hydrogen-bond donors (Lipinski definition) is 2. The number of benzene rings is 1. The number of amides is 2. The van der Waals surface area contributed by atoms with Crippen molar-refractivity contribution < 1.29 is 9.59 Å². The first-order chi connectivity index (χ1) is 11.5. The van der Waals surface area contributed by atoms with Crippen LogP contribution in [-0.4, -0.2) is 16.8 Å². The summed E-state index contributed by atoms with van der Waals surface area (Å²) in [5, 5.41) is 5.58. The van der Waals surface area contributed by atoms with E-state index in [0.717, 1.165) is 22.5 Å². The third kappa shape index (κ3) is 4.91. The van der Waals surface area contributed by atoms with Crippen LogP contribution in [0.25, 0.3) is 0 Å². The third-order valence-electron chi connectivity index (χ3n) is 3.71. The Morgan fingerprint density at radius 1 is 1.08 bits per heavy atom. The van der Waals surface area contributed by atoms with Crippen LogP contribution in [-0.2, 0) is 16.1 Å². The van der Waals surface area contributed by atoms with Crippen molar-refractivity contribution in [3.8, 4) is 0 Å². The molecule has 0 radical (unpaired) electrons. The van der Waals surface area contributed by atoms with Crippen LogP contribution in [0.5, 0.6) is 0 Å². The van der Waals surface area contributed by atoms with Gasteiger partial charge in [-0.3, -0.25) is 14.6 Å². The van der Waals surface area contributed by atoms with Gasteiger partial charge < -0.3 is 10.6 Å². The summed E-state index contributed by atoms with van der Waals surface area (Å²) in [4.78, 5) is 28.2. The van der Waals surface area contributed by atoms with Crippen molar-refractivity contribution in [2.75, 3.05) is 5.32 Å². The molecule has 2 amide bonds.